The van der Waals surface area contributed by atoms with Crippen molar-refractivity contribution in [1.29, 1.82) is 0 Å². The molecule has 1 aliphatic carbocycles. The number of carboxylic acids is 1. The number of fused-ring (bicyclic) bond motifs is 3. The maximum atomic E-state index is 12.5. The van der Waals surface area contributed by atoms with Gasteiger partial charge >= 0.3 is 12.1 Å². The molecule has 0 heterocycles. The van der Waals surface area contributed by atoms with E-state index in [2.05, 4.69) is 5.32 Å². The minimum atomic E-state index is -1.19. The van der Waals surface area contributed by atoms with Gasteiger partial charge in [-0.15, -0.1) is 0 Å². The van der Waals surface area contributed by atoms with E-state index in [4.69, 9.17) is 9.47 Å². The molecule has 170 valence electrons. The number of rotatable bonds is 8. The summed E-state index contributed by atoms with van der Waals surface area (Å²) in [4.78, 5) is 24.2. The first-order valence-corrected chi connectivity index (χ1v) is 10.8. The molecule has 1 amide bonds. The van der Waals surface area contributed by atoms with E-state index in [0.29, 0.717) is 12.2 Å². The van der Waals surface area contributed by atoms with Gasteiger partial charge in [0.2, 0.25) is 0 Å². The molecule has 7 heteroatoms. The molecule has 0 radical (unpaired) electrons. The summed E-state index contributed by atoms with van der Waals surface area (Å²) in [6, 6.07) is 19.4. The number of ether oxygens (including phenoxy) is 2. The van der Waals surface area contributed by atoms with Crippen molar-refractivity contribution in [2.45, 2.75) is 25.3 Å². The Labute approximate surface area is 191 Å². The third kappa shape index (κ3) is 4.77. The van der Waals surface area contributed by atoms with Gasteiger partial charge < -0.3 is 25.0 Å². The molecule has 7 nitrogen and oxygen atoms in total. The number of phenolic OH excluding ortho intramolecular Hbond substituents is 1. The highest BCUT2D eigenvalue weighted by Gasteiger charge is 2.29. The van der Waals surface area contributed by atoms with Crippen molar-refractivity contribution in [1.82, 2.24) is 5.32 Å². The summed E-state index contributed by atoms with van der Waals surface area (Å²) in [5, 5.41) is 21.9. The van der Waals surface area contributed by atoms with Crippen molar-refractivity contribution in [2.24, 2.45) is 0 Å². The van der Waals surface area contributed by atoms with Crippen LogP contribution in [0.15, 0.2) is 66.7 Å². The molecule has 33 heavy (non-hydrogen) atoms. The fourth-order valence-electron chi connectivity index (χ4n) is 4.17. The molecular formula is C26H25NO6. The SMILES string of the molecule is CCOc1cc(CC(NC(=O)OCC2c3ccccc3-c3ccccc32)C(=O)O)ccc1O. The standard InChI is InChI=1S/C26H25NO6/c1-2-32-24-14-16(11-12-23(24)28)13-22(25(29)30)27-26(31)33-15-21-19-9-5-3-7-17(19)18-8-4-6-10-20(18)21/h3-12,14,21-22,28H,2,13,15H2,1H3,(H,27,31)(H,29,30). The van der Waals surface area contributed by atoms with Crippen LogP contribution >= 0.6 is 0 Å². The fourth-order valence-corrected chi connectivity index (χ4v) is 4.17. The number of amides is 1. The van der Waals surface area contributed by atoms with Crippen molar-refractivity contribution >= 4 is 12.1 Å². The molecule has 3 aromatic carbocycles. The quantitative estimate of drug-likeness (QED) is 0.475. The molecule has 0 spiro atoms. The molecule has 0 saturated carbocycles. The van der Waals surface area contributed by atoms with Crippen molar-refractivity contribution in [2.75, 3.05) is 13.2 Å². The molecule has 1 aliphatic rings. The molecular weight excluding hydrogens is 422 g/mol. The number of hydrogen-bond donors (Lipinski definition) is 3. The van der Waals surface area contributed by atoms with Gasteiger partial charge in [0, 0.05) is 12.3 Å². The first-order valence-electron chi connectivity index (χ1n) is 10.8. The Morgan fingerprint density at radius 2 is 1.64 bits per heavy atom. The van der Waals surface area contributed by atoms with E-state index >= 15 is 0 Å². The summed E-state index contributed by atoms with van der Waals surface area (Å²) in [5.74, 6) is -1.07. The summed E-state index contributed by atoms with van der Waals surface area (Å²) in [5.41, 5.74) is 4.98. The highest BCUT2D eigenvalue weighted by Crippen LogP contribution is 2.44. The number of carbonyl (C=O) groups is 2. The van der Waals surface area contributed by atoms with E-state index in [1.165, 1.54) is 6.07 Å². The number of carboxylic acid groups (broad SMARTS) is 1. The Bertz CT molecular complexity index is 1130. The summed E-state index contributed by atoms with van der Waals surface area (Å²) in [6.07, 6.45) is -0.784. The Kier molecular flexibility index (Phi) is 6.49. The summed E-state index contributed by atoms with van der Waals surface area (Å²) in [7, 11) is 0. The molecule has 0 saturated heterocycles. The Morgan fingerprint density at radius 1 is 1.00 bits per heavy atom. The lowest BCUT2D eigenvalue weighted by Gasteiger charge is -2.18. The van der Waals surface area contributed by atoms with Gasteiger partial charge in [0.15, 0.2) is 11.5 Å². The van der Waals surface area contributed by atoms with Gasteiger partial charge in [0.05, 0.1) is 6.61 Å². The van der Waals surface area contributed by atoms with Crippen LogP contribution in [-0.4, -0.2) is 41.5 Å². The molecule has 0 aromatic heterocycles. The van der Waals surface area contributed by atoms with Crippen LogP contribution in [0, 0.1) is 0 Å². The van der Waals surface area contributed by atoms with Gasteiger partial charge in [-0.3, -0.25) is 0 Å². The molecule has 3 N–H and O–H groups in total. The lowest BCUT2D eigenvalue weighted by Crippen LogP contribution is -2.42. The van der Waals surface area contributed by atoms with E-state index in [0.717, 1.165) is 22.3 Å². The van der Waals surface area contributed by atoms with E-state index < -0.39 is 18.1 Å². The lowest BCUT2D eigenvalue weighted by molar-refractivity contribution is -0.139. The Morgan fingerprint density at radius 3 is 2.24 bits per heavy atom. The van der Waals surface area contributed by atoms with Gasteiger partial charge in [-0.1, -0.05) is 54.6 Å². The average molecular weight is 447 g/mol. The third-order valence-corrected chi connectivity index (χ3v) is 5.70. The third-order valence-electron chi connectivity index (χ3n) is 5.70. The monoisotopic (exact) mass is 447 g/mol. The Hall–Kier alpha value is -4.00. The highest BCUT2D eigenvalue weighted by atomic mass is 16.5. The molecule has 4 rings (SSSR count). The van der Waals surface area contributed by atoms with Crippen molar-refractivity contribution in [3.63, 3.8) is 0 Å². The van der Waals surface area contributed by atoms with Crippen molar-refractivity contribution in [3.05, 3.63) is 83.4 Å². The zero-order valence-corrected chi connectivity index (χ0v) is 18.2. The van der Waals surface area contributed by atoms with Gasteiger partial charge in [0.25, 0.3) is 0 Å². The number of phenols is 1. The summed E-state index contributed by atoms with van der Waals surface area (Å²) < 4.78 is 10.8. The molecule has 0 aliphatic heterocycles. The first-order chi connectivity index (χ1) is 16.0. The maximum Gasteiger partial charge on any atom is 0.407 e. The van der Waals surface area contributed by atoms with Crippen LogP contribution in [0.25, 0.3) is 11.1 Å². The molecule has 1 atom stereocenters. The first kappa shape index (κ1) is 22.2. The summed E-state index contributed by atoms with van der Waals surface area (Å²) >= 11 is 0. The topological polar surface area (TPSA) is 105 Å². The van der Waals surface area contributed by atoms with Crippen LogP contribution in [0.5, 0.6) is 11.5 Å². The van der Waals surface area contributed by atoms with Gasteiger partial charge in [-0.25, -0.2) is 9.59 Å². The fraction of sp³-hybridized carbons (Fsp3) is 0.231. The zero-order valence-electron chi connectivity index (χ0n) is 18.2. The average Bonchev–Trinajstić information content (AvgIpc) is 3.13. The Balaban J connectivity index is 1.42. The van der Waals surface area contributed by atoms with Gasteiger partial charge in [-0.05, 0) is 46.9 Å². The largest absolute Gasteiger partial charge is 0.504 e. The summed E-state index contributed by atoms with van der Waals surface area (Å²) in [6.45, 7) is 2.24. The van der Waals surface area contributed by atoms with Crippen LogP contribution in [0.1, 0.15) is 29.5 Å². The minimum absolute atomic E-state index is 0.0138. The smallest absolute Gasteiger partial charge is 0.407 e. The number of nitrogens with one attached hydrogen (secondary N) is 1. The second-order valence-electron chi connectivity index (χ2n) is 7.80. The lowest BCUT2D eigenvalue weighted by atomic mass is 9.98. The van der Waals surface area contributed by atoms with Crippen LogP contribution in [0.3, 0.4) is 0 Å². The normalized spacial score (nSPS) is 13.0. The zero-order chi connectivity index (χ0) is 23.4. The molecule has 1 unspecified atom stereocenters. The van der Waals surface area contributed by atoms with Gasteiger partial charge in [0.1, 0.15) is 12.6 Å². The van der Waals surface area contributed by atoms with E-state index in [-0.39, 0.29) is 30.4 Å². The molecule has 0 bridgehead atoms. The van der Waals surface area contributed by atoms with E-state index in [1.54, 1.807) is 19.1 Å². The van der Waals surface area contributed by atoms with E-state index in [1.807, 2.05) is 48.5 Å². The predicted molar refractivity (Wildman–Crippen MR) is 123 cm³/mol. The van der Waals surface area contributed by atoms with Crippen LogP contribution in [-0.2, 0) is 16.0 Å². The minimum Gasteiger partial charge on any atom is -0.504 e. The van der Waals surface area contributed by atoms with E-state index in [9.17, 15) is 19.8 Å². The van der Waals surface area contributed by atoms with Crippen molar-refractivity contribution < 1.29 is 29.3 Å². The number of aromatic hydroxyl groups is 1. The van der Waals surface area contributed by atoms with Crippen LogP contribution in [0.4, 0.5) is 4.79 Å². The van der Waals surface area contributed by atoms with Crippen LogP contribution < -0.4 is 10.1 Å². The number of carbonyl (C=O) groups excluding carboxylic acids is 1. The highest BCUT2D eigenvalue weighted by molar-refractivity contribution is 5.81. The molecule has 0 fully saturated rings. The number of benzene rings is 3. The maximum absolute atomic E-state index is 12.5. The number of hydrogen-bond acceptors (Lipinski definition) is 5. The molecule has 3 aromatic rings. The number of aliphatic carboxylic acids is 1. The second-order valence-corrected chi connectivity index (χ2v) is 7.80. The predicted octanol–water partition coefficient (Wildman–Crippen LogP) is 4.33. The van der Waals surface area contributed by atoms with Crippen LogP contribution in [0.2, 0.25) is 0 Å². The van der Waals surface area contributed by atoms with Gasteiger partial charge in [-0.2, -0.15) is 0 Å². The van der Waals surface area contributed by atoms with Crippen molar-refractivity contribution in [3.8, 4) is 22.6 Å². The second kappa shape index (κ2) is 9.65. The number of alkyl carbamates (subject to hydrolysis) is 1.